The lowest BCUT2D eigenvalue weighted by molar-refractivity contribution is 0.466. The summed E-state index contributed by atoms with van der Waals surface area (Å²) in [4.78, 5) is 1.36. The molecule has 0 radical (unpaired) electrons. The lowest BCUT2D eigenvalue weighted by Crippen LogP contribution is -2.26. The van der Waals surface area contributed by atoms with Crippen LogP contribution in [-0.4, -0.2) is 6.54 Å². The van der Waals surface area contributed by atoms with Crippen LogP contribution in [-0.2, 0) is 12.8 Å². The van der Waals surface area contributed by atoms with Gasteiger partial charge in [-0.25, -0.2) is 8.78 Å². The van der Waals surface area contributed by atoms with Crippen LogP contribution in [0.2, 0.25) is 4.34 Å². The quantitative estimate of drug-likeness (QED) is 0.843. The molecular weight excluding hydrogens is 312 g/mol. The first-order valence-electron chi connectivity index (χ1n) is 7.08. The zero-order valence-corrected chi connectivity index (χ0v) is 13.0. The number of thiophene rings is 1. The molecular formula is C16H16ClF2NS. The van der Waals surface area contributed by atoms with Gasteiger partial charge in [-0.2, -0.15) is 0 Å². The van der Waals surface area contributed by atoms with Crippen molar-refractivity contribution in [1.82, 2.24) is 5.32 Å². The molecule has 1 heterocycles. The molecule has 1 aromatic heterocycles. The zero-order chi connectivity index (χ0) is 14.8. The Labute approximate surface area is 131 Å². The zero-order valence-electron chi connectivity index (χ0n) is 11.5. The van der Waals surface area contributed by atoms with Crippen LogP contribution in [0.15, 0.2) is 24.3 Å². The third kappa shape index (κ3) is 3.62. The summed E-state index contributed by atoms with van der Waals surface area (Å²) in [6.45, 7) is 0.695. The molecule has 0 amide bonds. The molecule has 0 aliphatic heterocycles. The highest BCUT2D eigenvalue weighted by molar-refractivity contribution is 7.16. The van der Waals surface area contributed by atoms with E-state index in [0.29, 0.717) is 24.6 Å². The van der Waals surface area contributed by atoms with Crippen LogP contribution >= 0.6 is 22.9 Å². The Morgan fingerprint density at radius 3 is 2.71 bits per heavy atom. The fraction of sp³-hybridized carbons (Fsp3) is 0.375. The molecule has 1 unspecified atom stereocenters. The monoisotopic (exact) mass is 327 g/mol. The Balaban J connectivity index is 1.61. The maximum atomic E-state index is 13.1. The Kier molecular flexibility index (Phi) is 4.57. The van der Waals surface area contributed by atoms with E-state index in [0.717, 1.165) is 29.7 Å². The van der Waals surface area contributed by atoms with Crippen LogP contribution in [0.1, 0.15) is 34.9 Å². The van der Waals surface area contributed by atoms with Crippen molar-refractivity contribution in [3.63, 3.8) is 0 Å². The van der Waals surface area contributed by atoms with Gasteiger partial charge in [-0.05, 0) is 61.6 Å². The number of rotatable bonds is 4. The molecule has 112 valence electrons. The number of benzene rings is 1. The second kappa shape index (κ2) is 6.42. The van der Waals surface area contributed by atoms with Gasteiger partial charge in [0.1, 0.15) is 11.6 Å². The Morgan fingerprint density at radius 2 is 1.95 bits per heavy atom. The van der Waals surface area contributed by atoms with Gasteiger partial charge in [0.05, 0.1) is 4.34 Å². The van der Waals surface area contributed by atoms with Crippen molar-refractivity contribution in [1.29, 1.82) is 0 Å². The fourth-order valence-corrected chi connectivity index (χ4v) is 4.26. The summed E-state index contributed by atoms with van der Waals surface area (Å²) in [6, 6.07) is 6.02. The topological polar surface area (TPSA) is 12.0 Å². The highest BCUT2D eigenvalue weighted by Gasteiger charge is 2.22. The van der Waals surface area contributed by atoms with Gasteiger partial charge in [0.25, 0.3) is 0 Å². The van der Waals surface area contributed by atoms with Crippen molar-refractivity contribution in [2.24, 2.45) is 0 Å². The van der Waals surface area contributed by atoms with E-state index in [1.54, 1.807) is 11.3 Å². The molecule has 1 atom stereocenters. The van der Waals surface area contributed by atoms with Crippen molar-refractivity contribution in [3.05, 3.63) is 56.2 Å². The average Bonchev–Trinajstić information content (AvgIpc) is 2.79. The molecule has 1 N–H and O–H groups in total. The van der Waals surface area contributed by atoms with E-state index >= 15 is 0 Å². The van der Waals surface area contributed by atoms with Gasteiger partial charge in [0.15, 0.2) is 0 Å². The molecule has 1 nitrogen and oxygen atoms in total. The van der Waals surface area contributed by atoms with Crippen molar-refractivity contribution >= 4 is 22.9 Å². The number of halogens is 3. The maximum absolute atomic E-state index is 13.1. The number of aryl methyl sites for hydroxylation is 1. The Hall–Kier alpha value is -0.970. The normalized spacial score (nSPS) is 17.8. The molecule has 0 spiro atoms. The van der Waals surface area contributed by atoms with Crippen LogP contribution in [0.5, 0.6) is 0 Å². The second-order valence-electron chi connectivity index (χ2n) is 5.36. The summed E-state index contributed by atoms with van der Waals surface area (Å²) in [7, 11) is 0. The second-order valence-corrected chi connectivity index (χ2v) is 7.12. The Bertz CT molecular complexity index is 621. The standard InChI is InChI=1S/C16H16ClF2NS/c17-16-9-13-14(2-1-3-15(13)21-16)20-5-4-10-6-11(18)8-12(19)7-10/h6-9,14,20H,1-5H2. The van der Waals surface area contributed by atoms with Gasteiger partial charge < -0.3 is 5.32 Å². The lowest BCUT2D eigenvalue weighted by atomic mass is 9.94. The molecule has 0 saturated carbocycles. The summed E-state index contributed by atoms with van der Waals surface area (Å²) < 4.78 is 27.1. The smallest absolute Gasteiger partial charge is 0.126 e. The lowest BCUT2D eigenvalue weighted by Gasteiger charge is -2.23. The van der Waals surface area contributed by atoms with Gasteiger partial charge in [-0.3, -0.25) is 0 Å². The van der Waals surface area contributed by atoms with Gasteiger partial charge in [0.2, 0.25) is 0 Å². The van der Waals surface area contributed by atoms with E-state index in [9.17, 15) is 8.78 Å². The predicted molar refractivity (Wildman–Crippen MR) is 83.1 cm³/mol. The van der Waals surface area contributed by atoms with Crippen LogP contribution in [0.3, 0.4) is 0 Å². The highest BCUT2D eigenvalue weighted by Crippen LogP contribution is 2.37. The van der Waals surface area contributed by atoms with Gasteiger partial charge in [-0.1, -0.05) is 11.6 Å². The van der Waals surface area contributed by atoms with E-state index in [1.165, 1.54) is 22.6 Å². The van der Waals surface area contributed by atoms with Gasteiger partial charge in [0, 0.05) is 17.0 Å². The van der Waals surface area contributed by atoms with Crippen LogP contribution in [0, 0.1) is 11.6 Å². The molecule has 0 bridgehead atoms. The number of hydrogen-bond acceptors (Lipinski definition) is 2. The van der Waals surface area contributed by atoms with Gasteiger partial charge >= 0.3 is 0 Å². The first kappa shape index (κ1) is 14.9. The fourth-order valence-electron chi connectivity index (χ4n) is 2.88. The van der Waals surface area contributed by atoms with Crippen molar-refractivity contribution in [2.45, 2.75) is 31.7 Å². The van der Waals surface area contributed by atoms with Crippen molar-refractivity contribution in [3.8, 4) is 0 Å². The maximum Gasteiger partial charge on any atom is 0.126 e. The first-order valence-corrected chi connectivity index (χ1v) is 8.28. The number of fused-ring (bicyclic) bond motifs is 1. The minimum Gasteiger partial charge on any atom is -0.310 e. The number of nitrogens with one attached hydrogen (secondary N) is 1. The molecule has 0 fully saturated rings. The van der Waals surface area contributed by atoms with E-state index in [2.05, 4.69) is 5.32 Å². The summed E-state index contributed by atoms with van der Waals surface area (Å²) in [5, 5.41) is 3.48. The third-order valence-electron chi connectivity index (χ3n) is 3.81. The summed E-state index contributed by atoms with van der Waals surface area (Å²) in [6.07, 6.45) is 3.94. The highest BCUT2D eigenvalue weighted by atomic mass is 35.5. The van der Waals surface area contributed by atoms with E-state index < -0.39 is 11.6 Å². The SMILES string of the molecule is Fc1cc(F)cc(CCNC2CCCc3sc(Cl)cc32)c1. The summed E-state index contributed by atoms with van der Waals surface area (Å²) in [5.41, 5.74) is 1.97. The average molecular weight is 328 g/mol. The van der Waals surface area contributed by atoms with Crippen molar-refractivity contribution in [2.75, 3.05) is 6.54 Å². The van der Waals surface area contributed by atoms with Crippen LogP contribution in [0.4, 0.5) is 8.78 Å². The molecule has 2 aromatic rings. The molecule has 1 aromatic carbocycles. The molecule has 1 aliphatic rings. The largest absolute Gasteiger partial charge is 0.310 e. The minimum atomic E-state index is -0.519. The molecule has 21 heavy (non-hydrogen) atoms. The molecule has 3 rings (SSSR count). The minimum absolute atomic E-state index is 0.302. The molecule has 5 heteroatoms. The molecule has 1 aliphatic carbocycles. The van der Waals surface area contributed by atoms with E-state index in [4.69, 9.17) is 11.6 Å². The van der Waals surface area contributed by atoms with E-state index in [1.807, 2.05) is 6.07 Å². The predicted octanol–water partition coefficient (Wildman–Crippen LogP) is 4.89. The van der Waals surface area contributed by atoms with Crippen LogP contribution in [0.25, 0.3) is 0 Å². The van der Waals surface area contributed by atoms with E-state index in [-0.39, 0.29) is 0 Å². The first-order chi connectivity index (χ1) is 10.1. The third-order valence-corrected chi connectivity index (χ3v) is 5.15. The summed E-state index contributed by atoms with van der Waals surface area (Å²) in [5.74, 6) is -1.04. The summed E-state index contributed by atoms with van der Waals surface area (Å²) >= 11 is 7.74. The number of hydrogen-bond donors (Lipinski definition) is 1. The molecule has 0 saturated heterocycles. The van der Waals surface area contributed by atoms with Crippen molar-refractivity contribution < 1.29 is 8.78 Å². The van der Waals surface area contributed by atoms with Gasteiger partial charge in [-0.15, -0.1) is 11.3 Å². The van der Waals surface area contributed by atoms with Crippen LogP contribution < -0.4 is 5.32 Å². The Morgan fingerprint density at radius 1 is 1.19 bits per heavy atom.